The van der Waals surface area contributed by atoms with Crippen molar-refractivity contribution in [3.63, 3.8) is 0 Å². The highest BCUT2D eigenvalue weighted by molar-refractivity contribution is 9.10. The van der Waals surface area contributed by atoms with Gasteiger partial charge < -0.3 is 4.42 Å². The summed E-state index contributed by atoms with van der Waals surface area (Å²) in [6.45, 7) is 1.60. The van der Waals surface area contributed by atoms with Crippen LogP contribution in [0.1, 0.15) is 5.56 Å². The van der Waals surface area contributed by atoms with Crippen LogP contribution in [0.4, 0.5) is 0 Å². The van der Waals surface area contributed by atoms with Crippen LogP contribution in [-0.2, 0) is 9.05 Å². The maximum absolute atomic E-state index is 10.7. The average molecular weight is 260 g/mol. The van der Waals surface area contributed by atoms with E-state index in [1.165, 1.54) is 6.07 Å². The molecule has 11 heavy (non-hydrogen) atoms. The van der Waals surface area contributed by atoms with Gasteiger partial charge in [0.25, 0.3) is 9.05 Å². The molecule has 6 heteroatoms. The highest BCUT2D eigenvalue weighted by atomic mass is 79.9. The summed E-state index contributed by atoms with van der Waals surface area (Å²) in [4.78, 5) is 0. The van der Waals surface area contributed by atoms with Crippen LogP contribution >= 0.6 is 26.6 Å². The molecule has 0 saturated carbocycles. The Morgan fingerprint density at radius 2 is 2.18 bits per heavy atom. The smallest absolute Gasteiger partial charge is 0.294 e. The number of aryl methyl sites for hydroxylation is 1. The van der Waals surface area contributed by atoms with E-state index < -0.39 is 9.05 Å². The predicted octanol–water partition coefficient (Wildman–Crippen LogP) is 2.28. The van der Waals surface area contributed by atoms with Crippen LogP contribution in [0.5, 0.6) is 0 Å². The van der Waals surface area contributed by atoms with Crippen molar-refractivity contribution < 1.29 is 12.8 Å². The maximum atomic E-state index is 10.7. The second kappa shape index (κ2) is 2.80. The van der Waals surface area contributed by atoms with Gasteiger partial charge in [0.1, 0.15) is 0 Å². The van der Waals surface area contributed by atoms with Crippen LogP contribution in [0.15, 0.2) is 20.2 Å². The van der Waals surface area contributed by atoms with Crippen molar-refractivity contribution >= 4 is 35.7 Å². The second-order valence-corrected chi connectivity index (χ2v) is 5.21. The first kappa shape index (κ1) is 9.09. The molecule has 3 nitrogen and oxygen atoms in total. The molecule has 0 atom stereocenters. The van der Waals surface area contributed by atoms with Gasteiger partial charge in [0, 0.05) is 16.2 Å². The Bertz CT molecular complexity index is 367. The van der Waals surface area contributed by atoms with Gasteiger partial charge in [-0.25, -0.2) is 8.42 Å². The molecule has 1 aromatic rings. The van der Waals surface area contributed by atoms with Gasteiger partial charge in [-0.1, -0.05) is 0 Å². The highest BCUT2D eigenvalue weighted by Crippen LogP contribution is 2.26. The van der Waals surface area contributed by atoms with E-state index >= 15 is 0 Å². The minimum atomic E-state index is -3.74. The SMILES string of the molecule is Cc1cc(Br)oc1S(=O)(=O)Cl. The summed E-state index contributed by atoms with van der Waals surface area (Å²) in [5.74, 6) is 0. The lowest BCUT2D eigenvalue weighted by molar-refractivity contribution is 0.433. The van der Waals surface area contributed by atoms with Gasteiger partial charge in [-0.3, -0.25) is 0 Å². The first-order valence-corrected chi connectivity index (χ1v) is 5.72. The van der Waals surface area contributed by atoms with Gasteiger partial charge in [-0.05, 0) is 28.9 Å². The van der Waals surface area contributed by atoms with Crippen LogP contribution in [0.3, 0.4) is 0 Å². The fourth-order valence-electron chi connectivity index (χ4n) is 0.670. The van der Waals surface area contributed by atoms with Crippen molar-refractivity contribution in [3.8, 4) is 0 Å². The minimum Gasteiger partial charge on any atom is -0.436 e. The van der Waals surface area contributed by atoms with Crippen LogP contribution in [0, 0.1) is 6.92 Å². The molecule has 0 N–H and O–H groups in total. The summed E-state index contributed by atoms with van der Waals surface area (Å²) < 4.78 is 26.6. The van der Waals surface area contributed by atoms with Crippen molar-refractivity contribution in [3.05, 3.63) is 16.3 Å². The van der Waals surface area contributed by atoms with Gasteiger partial charge in [-0.15, -0.1) is 0 Å². The molecule has 0 spiro atoms. The van der Waals surface area contributed by atoms with E-state index in [2.05, 4.69) is 15.9 Å². The lowest BCUT2D eigenvalue weighted by Crippen LogP contribution is -1.88. The summed E-state index contributed by atoms with van der Waals surface area (Å²) in [5, 5.41) is -0.203. The van der Waals surface area contributed by atoms with E-state index in [0.717, 1.165) is 0 Å². The zero-order valence-corrected chi connectivity index (χ0v) is 8.62. The molecule has 62 valence electrons. The molecule has 0 aliphatic heterocycles. The molecule has 0 aliphatic carbocycles. The molecule has 1 heterocycles. The van der Waals surface area contributed by atoms with E-state index in [-0.39, 0.29) is 5.09 Å². The molecule has 0 radical (unpaired) electrons. The first-order valence-electron chi connectivity index (χ1n) is 2.62. The summed E-state index contributed by atoms with van der Waals surface area (Å²) in [5.41, 5.74) is 0.492. The van der Waals surface area contributed by atoms with E-state index in [4.69, 9.17) is 15.1 Å². The summed E-state index contributed by atoms with van der Waals surface area (Å²) in [6.07, 6.45) is 0. The van der Waals surface area contributed by atoms with Crippen molar-refractivity contribution in [2.45, 2.75) is 12.0 Å². The van der Waals surface area contributed by atoms with Crippen LogP contribution in [-0.4, -0.2) is 8.42 Å². The number of furan rings is 1. The molecular weight excluding hydrogens is 255 g/mol. The van der Waals surface area contributed by atoms with E-state index in [9.17, 15) is 8.42 Å². The minimum absolute atomic E-state index is 0.203. The third kappa shape index (κ3) is 1.98. The fraction of sp³-hybridized carbons (Fsp3) is 0.200. The van der Waals surface area contributed by atoms with Gasteiger partial charge in [0.15, 0.2) is 4.67 Å². The van der Waals surface area contributed by atoms with E-state index in [0.29, 0.717) is 10.2 Å². The van der Waals surface area contributed by atoms with Crippen molar-refractivity contribution in [1.29, 1.82) is 0 Å². The quantitative estimate of drug-likeness (QED) is 0.727. The zero-order valence-electron chi connectivity index (χ0n) is 5.47. The number of halogens is 2. The molecule has 0 bridgehead atoms. The monoisotopic (exact) mass is 258 g/mol. The largest absolute Gasteiger partial charge is 0.436 e. The highest BCUT2D eigenvalue weighted by Gasteiger charge is 2.18. The lowest BCUT2D eigenvalue weighted by atomic mass is 10.4. The molecule has 0 unspecified atom stereocenters. The molecule has 0 saturated heterocycles. The third-order valence-electron chi connectivity index (χ3n) is 1.06. The van der Waals surface area contributed by atoms with E-state index in [1.807, 2.05) is 0 Å². The van der Waals surface area contributed by atoms with Crippen LogP contribution < -0.4 is 0 Å². The number of hydrogen-bond donors (Lipinski definition) is 0. The van der Waals surface area contributed by atoms with Gasteiger partial charge in [0.05, 0.1) is 0 Å². The topological polar surface area (TPSA) is 47.3 Å². The number of rotatable bonds is 1. The predicted molar refractivity (Wildman–Crippen MR) is 44.2 cm³/mol. The average Bonchev–Trinajstić information content (AvgIpc) is 2.08. The Balaban J connectivity index is 3.36. The van der Waals surface area contributed by atoms with Crippen molar-refractivity contribution in [1.82, 2.24) is 0 Å². The number of hydrogen-bond acceptors (Lipinski definition) is 3. The third-order valence-corrected chi connectivity index (χ3v) is 2.72. The molecular formula is C5H4BrClO3S. The maximum Gasteiger partial charge on any atom is 0.294 e. The molecule has 0 aliphatic rings. The fourth-order valence-corrected chi connectivity index (χ4v) is 2.37. The Morgan fingerprint density at radius 3 is 2.36 bits per heavy atom. The summed E-state index contributed by atoms with van der Waals surface area (Å²) in [7, 11) is 1.30. The normalized spacial score (nSPS) is 11.9. The lowest BCUT2D eigenvalue weighted by Gasteiger charge is -1.88. The van der Waals surface area contributed by atoms with E-state index in [1.54, 1.807) is 6.92 Å². The zero-order chi connectivity index (χ0) is 8.65. The van der Waals surface area contributed by atoms with Crippen LogP contribution in [0.2, 0.25) is 0 Å². The molecule has 0 fully saturated rings. The standard InChI is InChI=1S/C5H4BrClO3S/c1-3-2-4(6)10-5(3)11(7,8)9/h2H,1H3. The van der Waals surface area contributed by atoms with Crippen molar-refractivity contribution in [2.24, 2.45) is 0 Å². The Morgan fingerprint density at radius 1 is 1.64 bits per heavy atom. The molecule has 1 aromatic heterocycles. The van der Waals surface area contributed by atoms with Gasteiger partial charge >= 0.3 is 0 Å². The van der Waals surface area contributed by atoms with Crippen molar-refractivity contribution in [2.75, 3.05) is 0 Å². The molecule has 1 rings (SSSR count). The first-order chi connectivity index (χ1) is 4.91. The molecule has 0 amide bonds. The van der Waals surface area contributed by atoms with Gasteiger partial charge in [0.2, 0.25) is 5.09 Å². The van der Waals surface area contributed by atoms with Crippen LogP contribution in [0.25, 0.3) is 0 Å². The summed E-state index contributed by atoms with van der Waals surface area (Å²) >= 11 is 2.99. The summed E-state index contributed by atoms with van der Waals surface area (Å²) in [6, 6.07) is 1.54. The molecule has 0 aromatic carbocycles. The Hall–Kier alpha value is -0.000000000000000111. The second-order valence-electron chi connectivity index (χ2n) is 1.96. The Kier molecular flexibility index (Phi) is 2.32. The van der Waals surface area contributed by atoms with Gasteiger partial charge in [-0.2, -0.15) is 0 Å². The Labute approximate surface area is 76.9 Å².